The van der Waals surface area contributed by atoms with E-state index in [1.54, 1.807) is 7.11 Å². The molecule has 3 N–H and O–H groups in total. The molecule has 5 rings (SSSR count). The van der Waals surface area contributed by atoms with E-state index >= 15 is 0 Å². The molecule has 0 bridgehead atoms. The van der Waals surface area contributed by atoms with Crippen LogP contribution in [0.2, 0.25) is 0 Å². The summed E-state index contributed by atoms with van der Waals surface area (Å²) in [5, 5.41) is 11.2. The van der Waals surface area contributed by atoms with Gasteiger partial charge in [-0.15, -0.1) is 0 Å². The lowest BCUT2D eigenvalue weighted by Crippen LogP contribution is -2.57. The van der Waals surface area contributed by atoms with E-state index < -0.39 is 5.66 Å². The molecule has 0 radical (unpaired) electrons. The van der Waals surface area contributed by atoms with Crippen LogP contribution in [0.3, 0.4) is 0 Å². The molecule has 3 aliphatic rings. The number of carbonyl (C=O) groups excluding carboxylic acids is 1. The van der Waals surface area contributed by atoms with Crippen LogP contribution in [-0.2, 0) is 10.5 Å². The van der Waals surface area contributed by atoms with Gasteiger partial charge in [-0.3, -0.25) is 4.79 Å². The second kappa shape index (κ2) is 9.89. The molecule has 2 fully saturated rings. The monoisotopic (exact) mass is 461 g/mol. The van der Waals surface area contributed by atoms with E-state index in [4.69, 9.17) is 4.74 Å². The summed E-state index contributed by atoms with van der Waals surface area (Å²) in [6.45, 7) is 2.13. The van der Waals surface area contributed by atoms with Gasteiger partial charge in [0.1, 0.15) is 11.4 Å². The van der Waals surface area contributed by atoms with Gasteiger partial charge in [-0.2, -0.15) is 0 Å². The quantitative estimate of drug-likeness (QED) is 0.470. The summed E-state index contributed by atoms with van der Waals surface area (Å²) in [5.74, 6) is 1.15. The molecule has 1 aliphatic heterocycles. The third-order valence-electron chi connectivity index (χ3n) is 8.27. The van der Waals surface area contributed by atoms with Crippen molar-refractivity contribution in [2.45, 2.75) is 82.8 Å². The third kappa shape index (κ3) is 4.37. The van der Waals surface area contributed by atoms with Gasteiger partial charge in [0.05, 0.1) is 24.4 Å². The van der Waals surface area contributed by atoms with Crippen LogP contribution in [0, 0.1) is 18.8 Å². The highest BCUT2D eigenvalue weighted by atomic mass is 16.5. The van der Waals surface area contributed by atoms with Gasteiger partial charge in [-0.1, -0.05) is 56.7 Å². The zero-order chi connectivity index (χ0) is 23.5. The topological polar surface area (TPSA) is 62.4 Å². The molecule has 0 saturated heterocycles. The Kier molecular flexibility index (Phi) is 6.71. The zero-order valence-corrected chi connectivity index (χ0v) is 20.7. The van der Waals surface area contributed by atoms with Crippen LogP contribution in [0.4, 0.5) is 11.4 Å². The van der Waals surface area contributed by atoms with Gasteiger partial charge in [0, 0.05) is 11.6 Å². The zero-order valence-electron chi connectivity index (χ0n) is 20.7. The first kappa shape index (κ1) is 23.1. The molecule has 1 unspecified atom stereocenters. The highest BCUT2D eigenvalue weighted by Gasteiger charge is 2.52. The molecule has 2 aliphatic carbocycles. The lowest BCUT2D eigenvalue weighted by Gasteiger charge is -2.44. The van der Waals surface area contributed by atoms with Gasteiger partial charge in [0.2, 0.25) is 5.91 Å². The van der Waals surface area contributed by atoms with Crippen molar-refractivity contribution in [3.05, 3.63) is 53.6 Å². The van der Waals surface area contributed by atoms with E-state index in [1.807, 2.05) is 6.07 Å². The standard InChI is InChI=1S/C29H39N3O2/c1-20-19-23(34-2)17-18-24(20)29(31-25-15-9-10-16-26(25)32-29)27(21-11-5-3-6-12-21)28(33)30-22-13-7-4-8-14-22/h9-10,15-19,21-22,27,31-32H,3-8,11-14H2,1-2H3,(H,30,33). The molecule has 182 valence electrons. The summed E-state index contributed by atoms with van der Waals surface area (Å²) in [6, 6.07) is 14.9. The minimum absolute atomic E-state index is 0.196. The summed E-state index contributed by atoms with van der Waals surface area (Å²) in [5.41, 5.74) is 3.67. The number of ether oxygens (including phenoxy) is 1. The predicted octanol–water partition coefficient (Wildman–Crippen LogP) is 6.34. The number of methoxy groups -OCH3 is 1. The largest absolute Gasteiger partial charge is 0.497 e. The van der Waals surface area contributed by atoms with Crippen LogP contribution in [0.15, 0.2) is 42.5 Å². The summed E-state index contributed by atoms with van der Waals surface area (Å²) in [4.78, 5) is 14.2. The smallest absolute Gasteiger partial charge is 0.228 e. The molecule has 5 heteroatoms. The second-order valence-electron chi connectivity index (χ2n) is 10.5. The maximum atomic E-state index is 14.2. The number of nitrogens with one attached hydrogen (secondary N) is 3. The Labute approximate surface area is 204 Å². The van der Waals surface area contributed by atoms with E-state index in [-0.39, 0.29) is 11.8 Å². The van der Waals surface area contributed by atoms with E-state index in [9.17, 15) is 4.79 Å². The van der Waals surface area contributed by atoms with Crippen LogP contribution >= 0.6 is 0 Å². The van der Waals surface area contributed by atoms with E-state index in [1.165, 1.54) is 38.5 Å². The number of hydrogen-bond acceptors (Lipinski definition) is 4. The fraction of sp³-hybridized carbons (Fsp3) is 0.552. The van der Waals surface area contributed by atoms with Crippen molar-refractivity contribution >= 4 is 17.3 Å². The number of anilines is 2. The van der Waals surface area contributed by atoms with Gasteiger partial charge < -0.3 is 20.7 Å². The van der Waals surface area contributed by atoms with E-state index in [0.29, 0.717) is 12.0 Å². The fourth-order valence-electron chi connectivity index (χ4n) is 6.59. The van der Waals surface area contributed by atoms with Gasteiger partial charge >= 0.3 is 0 Å². The summed E-state index contributed by atoms with van der Waals surface area (Å²) in [6.07, 6.45) is 11.8. The Morgan fingerprint density at radius 1 is 0.941 bits per heavy atom. The normalized spacial score (nSPS) is 21.1. The molecule has 5 nitrogen and oxygen atoms in total. The minimum Gasteiger partial charge on any atom is -0.497 e. The Bertz CT molecular complexity index is 983. The van der Waals surface area contributed by atoms with Gasteiger partial charge in [0.25, 0.3) is 0 Å². The molecular weight excluding hydrogens is 422 g/mol. The van der Waals surface area contributed by atoms with Crippen LogP contribution < -0.4 is 20.7 Å². The number of carbonyl (C=O) groups is 1. The van der Waals surface area contributed by atoms with Crippen molar-refractivity contribution in [2.75, 3.05) is 17.7 Å². The molecule has 0 spiro atoms. The lowest BCUT2D eigenvalue weighted by atomic mass is 9.70. The summed E-state index contributed by atoms with van der Waals surface area (Å²) in [7, 11) is 1.70. The van der Waals surface area contributed by atoms with Crippen molar-refractivity contribution in [3.63, 3.8) is 0 Å². The Morgan fingerprint density at radius 2 is 1.56 bits per heavy atom. The number of amides is 1. The first-order valence-corrected chi connectivity index (χ1v) is 13.2. The minimum atomic E-state index is -0.694. The van der Waals surface area contributed by atoms with Gasteiger partial charge in [-0.05, 0) is 68.4 Å². The summed E-state index contributed by atoms with van der Waals surface area (Å²) >= 11 is 0. The predicted molar refractivity (Wildman–Crippen MR) is 138 cm³/mol. The number of para-hydroxylation sites is 2. The Morgan fingerprint density at radius 3 is 2.15 bits per heavy atom. The second-order valence-corrected chi connectivity index (χ2v) is 10.5. The SMILES string of the molecule is COc1ccc(C2(C(C(=O)NC3CCCCC3)C3CCCCC3)Nc3ccccc3N2)c(C)c1. The van der Waals surface area contributed by atoms with Crippen LogP contribution in [0.1, 0.15) is 75.3 Å². The Hall–Kier alpha value is -2.69. The van der Waals surface area contributed by atoms with Gasteiger partial charge in [0.15, 0.2) is 0 Å². The first-order valence-electron chi connectivity index (χ1n) is 13.2. The number of fused-ring (bicyclic) bond motifs is 1. The fourth-order valence-corrected chi connectivity index (χ4v) is 6.59. The molecule has 0 aromatic heterocycles. The number of aryl methyl sites for hydroxylation is 1. The molecule has 2 aromatic rings. The van der Waals surface area contributed by atoms with Crippen molar-refractivity contribution in [2.24, 2.45) is 11.8 Å². The number of benzene rings is 2. The van der Waals surface area contributed by atoms with E-state index in [2.05, 4.69) is 59.3 Å². The average Bonchev–Trinajstić information content (AvgIpc) is 3.25. The van der Waals surface area contributed by atoms with Gasteiger partial charge in [-0.25, -0.2) is 0 Å². The third-order valence-corrected chi connectivity index (χ3v) is 8.27. The highest BCUT2D eigenvalue weighted by Crippen LogP contribution is 2.49. The molecule has 1 amide bonds. The van der Waals surface area contributed by atoms with Crippen LogP contribution in [0.5, 0.6) is 5.75 Å². The lowest BCUT2D eigenvalue weighted by molar-refractivity contribution is -0.130. The van der Waals surface area contributed by atoms with Crippen molar-refractivity contribution in [3.8, 4) is 5.75 Å². The van der Waals surface area contributed by atoms with E-state index in [0.717, 1.165) is 53.9 Å². The maximum Gasteiger partial charge on any atom is 0.228 e. The summed E-state index contributed by atoms with van der Waals surface area (Å²) < 4.78 is 5.51. The van der Waals surface area contributed by atoms with Crippen molar-refractivity contribution in [1.29, 1.82) is 0 Å². The maximum absolute atomic E-state index is 14.2. The molecule has 2 aromatic carbocycles. The van der Waals surface area contributed by atoms with Crippen molar-refractivity contribution in [1.82, 2.24) is 5.32 Å². The van der Waals surface area contributed by atoms with Crippen LogP contribution in [0.25, 0.3) is 0 Å². The molecule has 34 heavy (non-hydrogen) atoms. The van der Waals surface area contributed by atoms with Crippen molar-refractivity contribution < 1.29 is 9.53 Å². The van der Waals surface area contributed by atoms with Crippen LogP contribution in [-0.4, -0.2) is 19.1 Å². The Balaban J connectivity index is 1.59. The molecule has 1 heterocycles. The first-order chi connectivity index (χ1) is 16.6. The average molecular weight is 462 g/mol. The molecular formula is C29H39N3O2. The number of hydrogen-bond donors (Lipinski definition) is 3. The molecule has 1 atom stereocenters. The number of rotatable bonds is 6. The highest BCUT2D eigenvalue weighted by molar-refractivity contribution is 5.86. The molecule has 2 saturated carbocycles.